The number of ether oxygens (including phenoxy) is 1. The van der Waals surface area contributed by atoms with Gasteiger partial charge in [0.2, 0.25) is 5.91 Å². The maximum absolute atomic E-state index is 13.6. The first-order valence-corrected chi connectivity index (χ1v) is 35.4. The summed E-state index contributed by atoms with van der Waals surface area (Å²) in [7, 11) is -1.14. The van der Waals surface area contributed by atoms with Gasteiger partial charge >= 0.3 is 30.7 Å². The van der Waals surface area contributed by atoms with Crippen molar-refractivity contribution in [2.45, 2.75) is 152 Å². The molecular formula is C76H86ClF12N3O8S. The molecule has 10 rings (SSSR count). The first kappa shape index (κ1) is 79.6. The van der Waals surface area contributed by atoms with E-state index in [1.807, 2.05) is 50.5 Å². The average Bonchev–Trinajstić information content (AvgIpc) is 1.69. The number of alkyl halides is 12. The first-order valence-electron chi connectivity index (χ1n) is 33.6. The minimum Gasteiger partial charge on any atom is -0.494 e. The quantitative estimate of drug-likeness (QED) is 0.0343. The van der Waals surface area contributed by atoms with Crippen LogP contribution in [-0.4, -0.2) is 110 Å². The van der Waals surface area contributed by atoms with Gasteiger partial charge in [0.25, 0.3) is 15.6 Å². The topological polar surface area (TPSA) is 148 Å². The molecule has 4 unspecified atom stereocenters. The molecule has 3 N–H and O–H groups in total. The molecule has 3 saturated carbocycles. The average molecular weight is 1470 g/mol. The molecule has 11 nitrogen and oxygen atoms in total. The van der Waals surface area contributed by atoms with E-state index in [9.17, 15) is 80.9 Å². The minimum atomic E-state index is -6.21. The maximum atomic E-state index is 13.6. The third-order valence-electron chi connectivity index (χ3n) is 21.0. The van der Waals surface area contributed by atoms with E-state index < -0.39 is 74.6 Å². The molecule has 0 spiro atoms. The van der Waals surface area contributed by atoms with E-state index in [1.54, 1.807) is 40.8 Å². The number of fused-ring (bicyclic) bond motifs is 5. The molecule has 0 radical (unpaired) electrons. The fraction of sp³-hybridized carbons (Fsp3) is 0.474. The normalized spacial score (nSPS) is 21.9. The molecule has 0 heterocycles. The highest BCUT2D eigenvalue weighted by atomic mass is 35.5. The van der Waals surface area contributed by atoms with E-state index in [0.717, 1.165) is 72.3 Å². The molecule has 6 aromatic rings. The lowest BCUT2D eigenvalue weighted by Crippen LogP contribution is -2.53. The Balaban J connectivity index is 0.000000196. The first-order chi connectivity index (χ1) is 47.3. The van der Waals surface area contributed by atoms with Crippen LogP contribution in [0.3, 0.4) is 0 Å². The number of carboxylic acids is 1. The fourth-order valence-electron chi connectivity index (χ4n) is 15.8. The Kier molecular flexibility index (Phi) is 25.8. The van der Waals surface area contributed by atoms with Gasteiger partial charge in [0, 0.05) is 51.6 Å². The van der Waals surface area contributed by atoms with Crippen LogP contribution >= 0.6 is 11.6 Å². The Morgan fingerprint density at radius 1 is 0.723 bits per heavy atom. The van der Waals surface area contributed by atoms with Crippen molar-refractivity contribution in [2.75, 3.05) is 44.6 Å². The van der Waals surface area contributed by atoms with E-state index >= 15 is 0 Å². The number of hydrogen-bond donors (Lipinski definition) is 3. The van der Waals surface area contributed by atoms with Gasteiger partial charge in [-0.05, 0) is 169 Å². The number of nitrogens with zero attached hydrogens (tertiary/aromatic N) is 3. The summed E-state index contributed by atoms with van der Waals surface area (Å²) in [5, 5.41) is 28.3. The number of sulfonamides is 1. The molecule has 1 amide bonds. The van der Waals surface area contributed by atoms with Crippen LogP contribution in [0, 0.1) is 40.4 Å². The highest BCUT2D eigenvalue weighted by Crippen LogP contribution is 2.67. The largest absolute Gasteiger partial charge is 0.494 e. The number of aliphatic hydroxyl groups excluding tert-OH is 1. The summed E-state index contributed by atoms with van der Waals surface area (Å²) in [6.07, 6.45) is -7.62. The number of rotatable bonds is 22. The van der Waals surface area contributed by atoms with Gasteiger partial charge in [-0.3, -0.25) is 18.8 Å². The van der Waals surface area contributed by atoms with Crippen LogP contribution in [0.2, 0.25) is 5.02 Å². The monoisotopic (exact) mass is 1460 g/mol. The predicted octanol–water partition coefficient (Wildman–Crippen LogP) is 18.3. The summed E-state index contributed by atoms with van der Waals surface area (Å²) in [6, 6.07) is 37.4. The summed E-state index contributed by atoms with van der Waals surface area (Å²) >= 11 is 6.29. The summed E-state index contributed by atoms with van der Waals surface area (Å²) in [6.45, 7) is 7.10. The molecule has 101 heavy (non-hydrogen) atoms. The van der Waals surface area contributed by atoms with Crippen LogP contribution in [0.25, 0.3) is 0 Å². The summed E-state index contributed by atoms with van der Waals surface area (Å²) < 4.78 is 188. The minimum absolute atomic E-state index is 0.0180. The molecule has 0 bridgehead atoms. The molecule has 550 valence electrons. The number of anilines is 1. The summed E-state index contributed by atoms with van der Waals surface area (Å²) in [4.78, 5) is 26.4. The Bertz CT molecular complexity index is 3810. The van der Waals surface area contributed by atoms with Crippen molar-refractivity contribution < 1.29 is 90.7 Å². The van der Waals surface area contributed by atoms with Crippen molar-refractivity contribution in [3.8, 4) is 5.75 Å². The molecule has 8 atom stereocenters. The number of aliphatic carboxylic acids is 1. The van der Waals surface area contributed by atoms with Crippen molar-refractivity contribution in [1.82, 2.24) is 9.80 Å². The SMILES string of the molecule is C[C@H](CCC(=O)N(C)C)C1CCC2C3CC=C4C[C@@H](O)CC[C@]4(C)C3CC[C@@]21C.O=C(O)Cc1cccc(OCCCN(Cc2cccc(C(F)(F)F)c2Cl)CC(c2ccccc2)c2ccccc2)c1.O=S(=O)(c1ccccc1)N(CC(F)(F)F)c1ccc(C(O)(C(F)(F)F)C(F)(F)F)cc1. The van der Waals surface area contributed by atoms with E-state index in [-0.39, 0.29) is 52.4 Å². The smallest absolute Gasteiger partial charge is 0.430 e. The number of benzene rings is 6. The van der Waals surface area contributed by atoms with E-state index in [4.69, 9.17) is 21.4 Å². The third-order valence-corrected chi connectivity index (χ3v) is 23.2. The zero-order chi connectivity index (χ0) is 74.1. The van der Waals surface area contributed by atoms with Gasteiger partial charge in [0.1, 0.15) is 12.3 Å². The van der Waals surface area contributed by atoms with Gasteiger partial charge in [-0.2, -0.15) is 52.7 Å². The van der Waals surface area contributed by atoms with Crippen LogP contribution < -0.4 is 9.04 Å². The predicted molar refractivity (Wildman–Crippen MR) is 362 cm³/mol. The zero-order valence-corrected chi connectivity index (χ0v) is 58.3. The van der Waals surface area contributed by atoms with Crippen LogP contribution in [0.4, 0.5) is 58.4 Å². The zero-order valence-electron chi connectivity index (χ0n) is 56.7. The number of hydrogen-bond acceptors (Lipinski definition) is 8. The van der Waals surface area contributed by atoms with Crippen molar-refractivity contribution in [3.05, 3.63) is 208 Å². The Morgan fingerprint density at radius 3 is 1.88 bits per heavy atom. The molecule has 0 aromatic heterocycles. The van der Waals surface area contributed by atoms with Crippen molar-refractivity contribution in [1.29, 1.82) is 0 Å². The van der Waals surface area contributed by atoms with Gasteiger partial charge in [-0.25, -0.2) is 8.42 Å². The second kappa shape index (κ2) is 32.7. The van der Waals surface area contributed by atoms with E-state index in [2.05, 4.69) is 56.0 Å². The maximum Gasteiger partial charge on any atom is 0.430 e. The van der Waals surface area contributed by atoms with Crippen molar-refractivity contribution in [3.63, 3.8) is 0 Å². The molecule has 6 aromatic carbocycles. The molecule has 0 aliphatic heterocycles. The van der Waals surface area contributed by atoms with Crippen molar-refractivity contribution in [2.24, 2.45) is 40.4 Å². The molecular weight excluding hydrogens is 1380 g/mol. The number of amides is 1. The third kappa shape index (κ3) is 19.2. The lowest BCUT2D eigenvalue weighted by Gasteiger charge is -2.58. The number of carbonyl (C=O) groups is 2. The Morgan fingerprint density at radius 2 is 1.32 bits per heavy atom. The molecule has 0 saturated heterocycles. The van der Waals surface area contributed by atoms with Gasteiger partial charge in [-0.15, -0.1) is 0 Å². The lowest BCUT2D eigenvalue weighted by molar-refractivity contribution is -0.376. The second-order valence-electron chi connectivity index (χ2n) is 27.7. The molecule has 4 aliphatic rings. The van der Waals surface area contributed by atoms with Crippen LogP contribution in [0.15, 0.2) is 174 Å². The molecule has 4 aliphatic carbocycles. The number of carboxylic acid groups (broad SMARTS) is 1. The lowest BCUT2D eigenvalue weighted by atomic mass is 9.47. The van der Waals surface area contributed by atoms with E-state index in [1.165, 1.54) is 62.8 Å². The molecule has 25 heteroatoms. The Labute approximate surface area is 587 Å². The van der Waals surface area contributed by atoms with Gasteiger partial charge in [-0.1, -0.05) is 159 Å². The van der Waals surface area contributed by atoms with Crippen molar-refractivity contribution >= 4 is 39.2 Å². The van der Waals surface area contributed by atoms with Crippen LogP contribution in [0.1, 0.15) is 131 Å². The highest BCUT2D eigenvalue weighted by molar-refractivity contribution is 7.92. The summed E-state index contributed by atoms with van der Waals surface area (Å²) in [5.74, 6) is 3.82. The second-order valence-corrected chi connectivity index (χ2v) is 29.9. The number of aliphatic hydroxyl groups is 2. The van der Waals surface area contributed by atoms with E-state index in [0.29, 0.717) is 78.3 Å². The van der Waals surface area contributed by atoms with Crippen LogP contribution in [-0.2, 0) is 44.4 Å². The summed E-state index contributed by atoms with van der Waals surface area (Å²) in [5.41, 5.74) is -3.15. The fourth-order valence-corrected chi connectivity index (χ4v) is 17.5. The molecule has 3 fully saturated rings. The van der Waals surface area contributed by atoms with Gasteiger partial charge < -0.3 is 25.0 Å². The number of carbonyl (C=O) groups excluding carboxylic acids is 1. The van der Waals surface area contributed by atoms with Crippen LogP contribution in [0.5, 0.6) is 5.75 Å². The Hall–Kier alpha value is -7.12. The standard InChI is InChI=1S/C33H31ClF3NO3.C26H43NO2.C17H12F9NO3S/c34-32-27(15-8-17-30(32)33(35,36)37)22-38(18-9-19-41-28-16-7-10-24(20-28)21-31(39)40)23-29(25-11-3-1-4-12-25)26-13-5-2-6-14-26;1-17(6-11-24(29)27(4)5)21-9-10-22-20-8-7-18-16-19(28)12-14-25(18,2)23(20)13-15-26(21,22)3;18-14(19,20)10-27(31(29,30)13-4-2-1-3-5-13)12-8-6-11(7-9-12)15(28,16(21,22)23)17(24,25)26/h1-8,10-17,20,29H,9,18-19,21-23H2,(H,39,40);7,17,19-23,28H,6,8-16H2,1-5H3;1-9,28H,10H2/t;17-,19+,20?,21?,22?,23?,25+,26-;/m.1./s1. The van der Waals surface area contributed by atoms with Gasteiger partial charge in [0.15, 0.2) is 0 Å². The number of halogens is 13. The van der Waals surface area contributed by atoms with Gasteiger partial charge in [0.05, 0.1) is 40.3 Å². The highest BCUT2D eigenvalue weighted by Gasteiger charge is 2.71. The number of allylic oxidation sites excluding steroid dienone is 1.